The monoisotopic (exact) mass is 300 g/mol. The highest BCUT2D eigenvalue weighted by Gasteiger charge is 2.14. The Morgan fingerprint density at radius 2 is 1.84 bits per heavy atom. The smallest absolute Gasteiger partial charge is 0.0465 e. The number of nitrogens with one attached hydrogen (secondary N) is 1. The van der Waals surface area contributed by atoms with Crippen molar-refractivity contribution in [1.29, 1.82) is 0 Å². The van der Waals surface area contributed by atoms with Crippen LogP contribution in [0.1, 0.15) is 25.3 Å². The molecule has 1 heterocycles. The lowest BCUT2D eigenvalue weighted by molar-refractivity contribution is 0.282. The van der Waals surface area contributed by atoms with Gasteiger partial charge in [-0.15, -0.1) is 0 Å². The van der Waals surface area contributed by atoms with Gasteiger partial charge in [-0.25, -0.2) is 0 Å². The molecule has 0 bridgehead atoms. The summed E-state index contributed by atoms with van der Waals surface area (Å²) in [5.41, 5.74) is 0.999. The Hall–Kier alpha value is -0.280. The quantitative estimate of drug-likeness (QED) is 0.859. The van der Waals surface area contributed by atoms with E-state index in [4.69, 9.17) is 23.2 Å². The van der Waals surface area contributed by atoms with Crippen LogP contribution in [0.15, 0.2) is 18.2 Å². The number of hydrogen-bond acceptors (Lipinski definition) is 2. The number of nitrogens with zero attached hydrogens (tertiary/aromatic N) is 1. The normalized spacial score (nSPS) is 17.8. The van der Waals surface area contributed by atoms with Crippen LogP contribution >= 0.6 is 23.2 Å². The van der Waals surface area contributed by atoms with E-state index < -0.39 is 0 Å². The topological polar surface area (TPSA) is 15.3 Å². The lowest BCUT2D eigenvalue weighted by atomic mass is 10.1. The van der Waals surface area contributed by atoms with Crippen molar-refractivity contribution in [2.24, 2.45) is 5.92 Å². The Morgan fingerprint density at radius 3 is 2.47 bits per heavy atom. The fourth-order valence-electron chi connectivity index (χ4n) is 2.62. The summed E-state index contributed by atoms with van der Waals surface area (Å²) < 4.78 is 0. The SMILES string of the molecule is CC(CNCc1c(Cl)cccc1Cl)CN1CCCC1. The number of rotatable bonds is 6. The fourth-order valence-corrected chi connectivity index (χ4v) is 3.15. The first kappa shape index (κ1) is 15.1. The van der Waals surface area contributed by atoms with Gasteiger partial charge in [-0.2, -0.15) is 0 Å². The minimum atomic E-state index is 0.652. The number of hydrogen-bond donors (Lipinski definition) is 1. The molecule has 0 spiro atoms. The summed E-state index contributed by atoms with van der Waals surface area (Å²) in [6, 6.07) is 5.65. The predicted octanol–water partition coefficient (Wildman–Crippen LogP) is 3.81. The standard InChI is InChI=1S/C15H22Cl2N2/c1-12(11-19-7-2-3-8-19)9-18-10-13-14(16)5-4-6-15(13)17/h4-6,12,18H,2-3,7-11H2,1H3. The summed E-state index contributed by atoms with van der Waals surface area (Å²) in [7, 11) is 0. The van der Waals surface area contributed by atoms with E-state index in [1.807, 2.05) is 18.2 Å². The summed E-state index contributed by atoms with van der Waals surface area (Å²) in [4.78, 5) is 2.55. The van der Waals surface area contributed by atoms with Crippen LogP contribution in [0, 0.1) is 5.92 Å². The molecule has 0 aliphatic carbocycles. The summed E-state index contributed by atoms with van der Waals surface area (Å²) in [6.07, 6.45) is 2.71. The van der Waals surface area contributed by atoms with Crippen molar-refractivity contribution < 1.29 is 0 Å². The molecular weight excluding hydrogens is 279 g/mol. The first-order chi connectivity index (χ1) is 9.16. The van der Waals surface area contributed by atoms with Crippen LogP contribution in [0.3, 0.4) is 0 Å². The van der Waals surface area contributed by atoms with Gasteiger partial charge in [-0.1, -0.05) is 36.2 Å². The Morgan fingerprint density at radius 1 is 1.21 bits per heavy atom. The molecule has 0 saturated carbocycles. The second-order valence-corrected chi connectivity index (χ2v) is 6.26. The van der Waals surface area contributed by atoms with E-state index in [1.165, 1.54) is 32.5 Å². The van der Waals surface area contributed by atoms with Crippen molar-refractivity contribution in [3.05, 3.63) is 33.8 Å². The van der Waals surface area contributed by atoms with E-state index in [1.54, 1.807) is 0 Å². The molecular formula is C15H22Cl2N2. The third-order valence-corrected chi connectivity index (χ3v) is 4.33. The zero-order valence-electron chi connectivity index (χ0n) is 11.5. The Labute approximate surface area is 126 Å². The van der Waals surface area contributed by atoms with Crippen molar-refractivity contribution in [2.45, 2.75) is 26.3 Å². The molecule has 0 aromatic heterocycles. The highest BCUT2D eigenvalue weighted by molar-refractivity contribution is 6.35. The Balaban J connectivity index is 1.73. The minimum absolute atomic E-state index is 0.652. The maximum Gasteiger partial charge on any atom is 0.0465 e. The maximum atomic E-state index is 6.15. The summed E-state index contributed by atoms with van der Waals surface area (Å²) in [5.74, 6) is 0.652. The Kier molecular flexibility index (Phi) is 5.96. The van der Waals surface area contributed by atoms with Crippen molar-refractivity contribution in [3.63, 3.8) is 0 Å². The summed E-state index contributed by atoms with van der Waals surface area (Å²) >= 11 is 12.3. The van der Waals surface area contributed by atoms with Gasteiger partial charge in [0, 0.05) is 28.7 Å². The molecule has 1 fully saturated rings. The van der Waals surface area contributed by atoms with E-state index in [0.717, 1.165) is 28.7 Å². The van der Waals surface area contributed by atoms with Gasteiger partial charge in [0.15, 0.2) is 0 Å². The van der Waals surface area contributed by atoms with Gasteiger partial charge < -0.3 is 10.2 Å². The third kappa shape index (κ3) is 4.64. The van der Waals surface area contributed by atoms with Crippen LogP contribution in [0.25, 0.3) is 0 Å². The molecule has 2 rings (SSSR count). The molecule has 1 aliphatic heterocycles. The zero-order valence-corrected chi connectivity index (χ0v) is 13.0. The van der Waals surface area contributed by atoms with E-state index >= 15 is 0 Å². The van der Waals surface area contributed by atoms with Crippen LogP contribution in [0.5, 0.6) is 0 Å². The van der Waals surface area contributed by atoms with Gasteiger partial charge in [-0.05, 0) is 50.5 Å². The first-order valence-corrected chi connectivity index (χ1v) is 7.78. The molecule has 106 valence electrons. The molecule has 0 amide bonds. The fraction of sp³-hybridized carbons (Fsp3) is 0.600. The molecule has 1 aromatic rings. The Bertz CT molecular complexity index is 383. The van der Waals surface area contributed by atoms with Crippen LogP contribution in [0.2, 0.25) is 10.0 Å². The van der Waals surface area contributed by atoms with Crippen molar-refractivity contribution in [3.8, 4) is 0 Å². The second-order valence-electron chi connectivity index (χ2n) is 5.44. The molecule has 1 aromatic carbocycles. The number of halogens is 2. The van der Waals surface area contributed by atoms with E-state index in [2.05, 4.69) is 17.1 Å². The van der Waals surface area contributed by atoms with Gasteiger partial charge >= 0.3 is 0 Å². The van der Waals surface area contributed by atoms with Crippen LogP contribution in [-0.4, -0.2) is 31.1 Å². The van der Waals surface area contributed by atoms with Crippen LogP contribution in [0.4, 0.5) is 0 Å². The molecule has 1 atom stereocenters. The molecule has 1 unspecified atom stereocenters. The molecule has 1 aliphatic rings. The van der Waals surface area contributed by atoms with E-state index in [0.29, 0.717) is 5.92 Å². The van der Waals surface area contributed by atoms with E-state index in [-0.39, 0.29) is 0 Å². The molecule has 0 radical (unpaired) electrons. The van der Waals surface area contributed by atoms with Crippen molar-refractivity contribution in [1.82, 2.24) is 10.2 Å². The summed E-state index contributed by atoms with van der Waals surface area (Å²) in [5, 5.41) is 4.95. The maximum absolute atomic E-state index is 6.15. The molecule has 4 heteroatoms. The average Bonchev–Trinajstić information content (AvgIpc) is 2.85. The molecule has 1 N–H and O–H groups in total. The molecule has 1 saturated heterocycles. The third-order valence-electron chi connectivity index (χ3n) is 3.62. The average molecular weight is 301 g/mol. The lowest BCUT2D eigenvalue weighted by Gasteiger charge is -2.20. The largest absolute Gasteiger partial charge is 0.312 e. The van der Waals surface area contributed by atoms with Gasteiger partial charge in [-0.3, -0.25) is 0 Å². The van der Waals surface area contributed by atoms with Gasteiger partial charge in [0.1, 0.15) is 0 Å². The first-order valence-electron chi connectivity index (χ1n) is 7.03. The van der Waals surface area contributed by atoms with Gasteiger partial charge in [0.05, 0.1) is 0 Å². The predicted molar refractivity (Wildman–Crippen MR) is 83.0 cm³/mol. The van der Waals surface area contributed by atoms with Crippen molar-refractivity contribution in [2.75, 3.05) is 26.2 Å². The van der Waals surface area contributed by atoms with Gasteiger partial charge in [0.25, 0.3) is 0 Å². The second kappa shape index (κ2) is 7.49. The van der Waals surface area contributed by atoms with E-state index in [9.17, 15) is 0 Å². The number of likely N-dealkylation sites (tertiary alicyclic amines) is 1. The highest BCUT2D eigenvalue weighted by atomic mass is 35.5. The van der Waals surface area contributed by atoms with Gasteiger partial charge in [0.2, 0.25) is 0 Å². The minimum Gasteiger partial charge on any atom is -0.312 e. The lowest BCUT2D eigenvalue weighted by Crippen LogP contribution is -2.31. The van der Waals surface area contributed by atoms with Crippen LogP contribution < -0.4 is 5.32 Å². The van der Waals surface area contributed by atoms with Crippen LogP contribution in [-0.2, 0) is 6.54 Å². The highest BCUT2D eigenvalue weighted by Crippen LogP contribution is 2.23. The number of benzene rings is 1. The molecule has 19 heavy (non-hydrogen) atoms. The summed E-state index contributed by atoms with van der Waals surface area (Å²) in [6.45, 7) is 7.74. The zero-order chi connectivity index (χ0) is 13.7. The molecule has 2 nitrogen and oxygen atoms in total. The van der Waals surface area contributed by atoms with Crippen molar-refractivity contribution >= 4 is 23.2 Å².